The maximum atomic E-state index is 6.12. The molecule has 20 heavy (non-hydrogen) atoms. The predicted molar refractivity (Wildman–Crippen MR) is 82.4 cm³/mol. The van der Waals surface area contributed by atoms with Crippen LogP contribution in [0.15, 0.2) is 48.5 Å². The van der Waals surface area contributed by atoms with Crippen molar-refractivity contribution in [1.29, 1.82) is 0 Å². The number of para-hydroxylation sites is 2. The monoisotopic (exact) mass is 284 g/mol. The zero-order valence-electron chi connectivity index (χ0n) is 10.9. The maximum absolute atomic E-state index is 6.12. The molecule has 0 spiro atoms. The van der Waals surface area contributed by atoms with E-state index in [1.54, 1.807) is 18.2 Å². The SMILES string of the molecule is Cc1cc2ccccc2nc1Oc1c(N)cccc1Cl. The molecule has 0 aliphatic rings. The van der Waals surface area contributed by atoms with Gasteiger partial charge in [-0.15, -0.1) is 0 Å². The van der Waals surface area contributed by atoms with Crippen molar-refractivity contribution >= 4 is 28.2 Å². The van der Waals surface area contributed by atoms with E-state index in [1.165, 1.54) is 0 Å². The molecule has 0 fully saturated rings. The number of nitrogen functional groups attached to an aromatic ring is 1. The van der Waals surface area contributed by atoms with Gasteiger partial charge in [0.25, 0.3) is 0 Å². The summed E-state index contributed by atoms with van der Waals surface area (Å²) in [5, 5.41) is 1.55. The van der Waals surface area contributed by atoms with Crippen LogP contribution < -0.4 is 10.5 Å². The highest BCUT2D eigenvalue weighted by molar-refractivity contribution is 6.32. The van der Waals surface area contributed by atoms with Crippen molar-refractivity contribution in [2.45, 2.75) is 6.92 Å². The highest BCUT2D eigenvalue weighted by Gasteiger charge is 2.11. The van der Waals surface area contributed by atoms with Gasteiger partial charge < -0.3 is 10.5 Å². The Bertz CT molecular complexity index is 766. The van der Waals surface area contributed by atoms with Crippen molar-refractivity contribution in [3.05, 3.63) is 59.1 Å². The van der Waals surface area contributed by atoms with Crippen molar-refractivity contribution < 1.29 is 4.74 Å². The predicted octanol–water partition coefficient (Wildman–Crippen LogP) is 4.57. The maximum Gasteiger partial charge on any atom is 0.222 e. The summed E-state index contributed by atoms with van der Waals surface area (Å²) in [5.41, 5.74) is 8.19. The van der Waals surface area contributed by atoms with Crippen molar-refractivity contribution in [2.75, 3.05) is 5.73 Å². The Morgan fingerprint density at radius 1 is 1.10 bits per heavy atom. The lowest BCUT2D eigenvalue weighted by Gasteiger charge is -2.12. The van der Waals surface area contributed by atoms with E-state index in [9.17, 15) is 0 Å². The minimum Gasteiger partial charge on any atom is -0.435 e. The third-order valence-electron chi connectivity index (χ3n) is 3.06. The topological polar surface area (TPSA) is 48.1 Å². The van der Waals surface area contributed by atoms with Gasteiger partial charge in [-0.25, -0.2) is 4.98 Å². The molecule has 0 amide bonds. The van der Waals surface area contributed by atoms with Gasteiger partial charge >= 0.3 is 0 Å². The molecule has 0 aliphatic heterocycles. The van der Waals surface area contributed by atoms with Gasteiger partial charge in [0.15, 0.2) is 5.75 Å². The standard InChI is InChI=1S/C16H13ClN2O/c1-10-9-11-5-2-3-8-14(11)19-16(10)20-15-12(17)6-4-7-13(15)18/h2-9H,18H2,1H3. The molecule has 1 aromatic heterocycles. The Kier molecular flexibility index (Phi) is 3.20. The van der Waals surface area contributed by atoms with Crippen LogP contribution in [-0.2, 0) is 0 Å². The molecular formula is C16H13ClN2O. The quantitative estimate of drug-likeness (QED) is 0.701. The average Bonchev–Trinajstić information content (AvgIpc) is 2.43. The van der Waals surface area contributed by atoms with E-state index in [2.05, 4.69) is 4.98 Å². The molecule has 0 saturated carbocycles. The lowest BCUT2D eigenvalue weighted by atomic mass is 10.2. The number of anilines is 1. The van der Waals surface area contributed by atoms with Gasteiger partial charge in [-0.05, 0) is 31.2 Å². The smallest absolute Gasteiger partial charge is 0.222 e. The van der Waals surface area contributed by atoms with Gasteiger partial charge in [-0.2, -0.15) is 0 Å². The van der Waals surface area contributed by atoms with Crippen LogP contribution in [0, 0.1) is 6.92 Å². The lowest BCUT2D eigenvalue weighted by molar-refractivity contribution is 0.463. The zero-order chi connectivity index (χ0) is 14.1. The van der Waals surface area contributed by atoms with Crippen molar-refractivity contribution in [1.82, 2.24) is 4.98 Å². The van der Waals surface area contributed by atoms with Crippen molar-refractivity contribution in [2.24, 2.45) is 0 Å². The minimum absolute atomic E-state index is 0.444. The summed E-state index contributed by atoms with van der Waals surface area (Å²) in [7, 11) is 0. The van der Waals surface area contributed by atoms with Gasteiger partial charge in [0.05, 0.1) is 16.2 Å². The second-order valence-corrected chi connectivity index (χ2v) is 4.97. The summed E-state index contributed by atoms with van der Waals surface area (Å²) >= 11 is 6.12. The molecule has 100 valence electrons. The van der Waals surface area contributed by atoms with Crippen LogP contribution >= 0.6 is 11.6 Å². The highest BCUT2D eigenvalue weighted by atomic mass is 35.5. The van der Waals surface area contributed by atoms with E-state index >= 15 is 0 Å². The summed E-state index contributed by atoms with van der Waals surface area (Å²) in [6.07, 6.45) is 0. The van der Waals surface area contributed by atoms with Crippen LogP contribution in [0.5, 0.6) is 11.6 Å². The molecule has 0 saturated heterocycles. The van der Waals surface area contributed by atoms with Crippen molar-refractivity contribution in [3.8, 4) is 11.6 Å². The average molecular weight is 285 g/mol. The highest BCUT2D eigenvalue weighted by Crippen LogP contribution is 2.35. The molecule has 1 heterocycles. The molecular weight excluding hydrogens is 272 g/mol. The van der Waals surface area contributed by atoms with Crippen LogP contribution in [-0.4, -0.2) is 4.98 Å². The van der Waals surface area contributed by atoms with E-state index < -0.39 is 0 Å². The summed E-state index contributed by atoms with van der Waals surface area (Å²) in [5.74, 6) is 0.962. The lowest BCUT2D eigenvalue weighted by Crippen LogP contribution is -1.96. The minimum atomic E-state index is 0.444. The number of aryl methyl sites for hydroxylation is 1. The number of ether oxygens (including phenoxy) is 1. The number of aromatic nitrogens is 1. The van der Waals surface area contributed by atoms with E-state index in [4.69, 9.17) is 22.1 Å². The normalized spacial score (nSPS) is 10.7. The molecule has 0 aliphatic carbocycles. The number of halogens is 1. The molecule has 0 bridgehead atoms. The van der Waals surface area contributed by atoms with Gasteiger partial charge in [0.1, 0.15) is 0 Å². The summed E-state index contributed by atoms with van der Waals surface area (Å²) in [4.78, 5) is 4.52. The molecule has 0 unspecified atom stereocenters. The summed E-state index contributed by atoms with van der Waals surface area (Å²) in [6.45, 7) is 1.95. The first-order valence-corrected chi connectivity index (χ1v) is 6.61. The second-order valence-electron chi connectivity index (χ2n) is 4.56. The first-order valence-electron chi connectivity index (χ1n) is 6.23. The number of rotatable bonds is 2. The Morgan fingerprint density at radius 3 is 2.70 bits per heavy atom. The molecule has 4 heteroatoms. The molecule has 0 radical (unpaired) electrons. The number of hydrogen-bond acceptors (Lipinski definition) is 3. The van der Waals surface area contributed by atoms with Gasteiger partial charge in [-0.1, -0.05) is 35.9 Å². The molecule has 2 aromatic carbocycles. The Morgan fingerprint density at radius 2 is 1.90 bits per heavy atom. The molecule has 2 N–H and O–H groups in total. The number of nitrogens with zero attached hydrogens (tertiary/aromatic N) is 1. The van der Waals surface area contributed by atoms with E-state index in [-0.39, 0.29) is 0 Å². The molecule has 3 rings (SSSR count). The number of fused-ring (bicyclic) bond motifs is 1. The van der Waals surface area contributed by atoms with E-state index in [1.807, 2.05) is 37.3 Å². The largest absolute Gasteiger partial charge is 0.435 e. The Labute approximate surface area is 122 Å². The molecule has 0 atom stereocenters. The van der Waals surface area contributed by atoms with Crippen molar-refractivity contribution in [3.63, 3.8) is 0 Å². The third kappa shape index (κ3) is 2.28. The van der Waals surface area contributed by atoms with Crippen LogP contribution in [0.3, 0.4) is 0 Å². The third-order valence-corrected chi connectivity index (χ3v) is 3.36. The number of pyridine rings is 1. The number of benzene rings is 2. The fourth-order valence-electron chi connectivity index (χ4n) is 2.04. The zero-order valence-corrected chi connectivity index (χ0v) is 11.7. The Balaban J connectivity index is 2.09. The molecule has 3 aromatic rings. The fraction of sp³-hybridized carbons (Fsp3) is 0.0625. The van der Waals surface area contributed by atoms with Gasteiger partial charge in [0.2, 0.25) is 5.88 Å². The van der Waals surface area contributed by atoms with Gasteiger partial charge in [0, 0.05) is 10.9 Å². The Hall–Kier alpha value is -2.26. The first kappa shape index (κ1) is 12.8. The fourth-order valence-corrected chi connectivity index (χ4v) is 2.26. The number of hydrogen-bond donors (Lipinski definition) is 1. The van der Waals surface area contributed by atoms with Crippen LogP contribution in [0.1, 0.15) is 5.56 Å². The van der Waals surface area contributed by atoms with E-state index in [0.29, 0.717) is 22.3 Å². The second kappa shape index (κ2) is 5.02. The number of nitrogens with two attached hydrogens (primary N) is 1. The molecule has 3 nitrogen and oxygen atoms in total. The van der Waals surface area contributed by atoms with E-state index in [0.717, 1.165) is 16.5 Å². The summed E-state index contributed by atoms with van der Waals surface area (Å²) < 4.78 is 5.81. The van der Waals surface area contributed by atoms with Gasteiger partial charge in [-0.3, -0.25) is 0 Å². The van der Waals surface area contributed by atoms with Crippen LogP contribution in [0.2, 0.25) is 5.02 Å². The van der Waals surface area contributed by atoms with Crippen LogP contribution in [0.25, 0.3) is 10.9 Å². The van der Waals surface area contributed by atoms with Crippen LogP contribution in [0.4, 0.5) is 5.69 Å². The summed E-state index contributed by atoms with van der Waals surface area (Å²) in [6, 6.07) is 15.2. The first-order chi connectivity index (χ1) is 9.65.